The van der Waals surface area contributed by atoms with Crippen LogP contribution in [0.2, 0.25) is 0 Å². The second-order valence-electron chi connectivity index (χ2n) is 18.6. The Morgan fingerprint density at radius 1 is 0.554 bits per heavy atom. The number of rotatable bonds is 33. The van der Waals surface area contributed by atoms with Crippen LogP contribution in [0.15, 0.2) is 48.5 Å². The van der Waals surface area contributed by atoms with Gasteiger partial charge in [0.1, 0.15) is 23.9 Å². The zero-order chi connectivity index (χ0) is 56.0. The lowest BCUT2D eigenvalue weighted by Gasteiger charge is -2.22. The molecule has 9 N–H and O–H groups in total. The molecule has 2 aromatic rings. The van der Waals surface area contributed by atoms with Crippen molar-refractivity contribution in [2.75, 3.05) is 43.7 Å². The molecule has 20 heteroatoms. The number of thioether (sulfide) groups is 2. The minimum atomic E-state index is -1.24. The van der Waals surface area contributed by atoms with E-state index in [-0.39, 0.29) is 55.0 Å². The Bertz CT molecular complexity index is 2000. The number of nitrogens with one attached hydrogen (secondary N) is 8. The first-order valence-electron chi connectivity index (χ1n) is 25.8. The lowest BCUT2D eigenvalue weighted by molar-refractivity contribution is -0.142. The number of carboxylic acid groups (broad SMARTS) is 1. The fraction of sp³-hybridized carbons (Fsp3) is 0.611. The standard InChI is InChI=1S/C48H72N8O10S.C3H8S.C3H8/c1-30(2)39(57)13-8-9-14-40(58)49-24-11-10-12-38(48(65)66)54-41(59)28-53-46(63)37(23-25-67-7)55-45(62)36-21-17-34(18-22-36)27-51-47(64)43(31(3)4)56-42(60)29-52-44(61)35-19-15-33(16-20-35)26-50-32(5)6;1-3-4-2;1-3-2/h15-22,30-32,37-38,43,50H,8-14,23-29H2,1-7H3,(H,49,58)(H,51,64)(H,52,61)(H,53,63)(H,54,59)(H,55,62)(H,56,60)(H,65,66);3H2,1-2H3;3H2,1-2H3. The molecule has 0 radical (unpaired) electrons. The van der Waals surface area contributed by atoms with Crippen molar-refractivity contribution < 1.29 is 48.3 Å². The fourth-order valence-corrected chi connectivity index (χ4v) is 6.87. The van der Waals surface area contributed by atoms with Crippen LogP contribution in [0.5, 0.6) is 0 Å². The van der Waals surface area contributed by atoms with Gasteiger partial charge in [-0.2, -0.15) is 23.5 Å². The maximum absolute atomic E-state index is 13.2. The van der Waals surface area contributed by atoms with Gasteiger partial charge >= 0.3 is 5.97 Å². The molecule has 0 aliphatic carbocycles. The molecule has 0 fully saturated rings. The Kier molecular flexibility index (Phi) is 37.8. The van der Waals surface area contributed by atoms with Crippen LogP contribution in [0.3, 0.4) is 0 Å². The fourth-order valence-electron chi connectivity index (χ4n) is 6.39. The minimum absolute atomic E-state index is 0.0240. The second-order valence-corrected chi connectivity index (χ2v) is 20.7. The number of Topliss-reactive ketones (excluding diaryl/α,β-unsaturated/α-hetero) is 1. The molecule has 3 atom stereocenters. The van der Waals surface area contributed by atoms with Gasteiger partial charge in [-0.25, -0.2) is 4.79 Å². The highest BCUT2D eigenvalue weighted by Crippen LogP contribution is 2.11. The van der Waals surface area contributed by atoms with E-state index in [4.69, 9.17) is 0 Å². The predicted molar refractivity (Wildman–Crippen MR) is 298 cm³/mol. The molecule has 0 aromatic heterocycles. The molecule has 18 nitrogen and oxygen atoms in total. The summed E-state index contributed by atoms with van der Waals surface area (Å²) in [7, 11) is 0. The highest BCUT2D eigenvalue weighted by Gasteiger charge is 2.26. The molecule has 0 saturated heterocycles. The van der Waals surface area contributed by atoms with Crippen LogP contribution in [0.1, 0.15) is 152 Å². The number of unbranched alkanes of at least 4 members (excludes halogenated alkanes) is 2. The quantitative estimate of drug-likeness (QED) is 0.0385. The number of benzene rings is 2. The molecule has 0 aliphatic heterocycles. The predicted octanol–water partition coefficient (Wildman–Crippen LogP) is 5.77. The van der Waals surface area contributed by atoms with Crippen molar-refractivity contribution in [1.82, 2.24) is 42.5 Å². The smallest absolute Gasteiger partial charge is 0.326 e. The van der Waals surface area contributed by atoms with E-state index in [0.717, 1.165) is 5.56 Å². The van der Waals surface area contributed by atoms with E-state index in [1.165, 1.54) is 36.1 Å². The Morgan fingerprint density at radius 2 is 1.09 bits per heavy atom. The summed E-state index contributed by atoms with van der Waals surface area (Å²) in [6.45, 7) is 18.0. The zero-order valence-electron chi connectivity index (χ0n) is 45.8. The van der Waals surface area contributed by atoms with Gasteiger partial charge in [-0.15, -0.1) is 0 Å². The lowest BCUT2D eigenvalue weighted by Crippen LogP contribution is -2.51. The van der Waals surface area contributed by atoms with Gasteiger partial charge in [0.25, 0.3) is 11.8 Å². The molecule has 0 heterocycles. The molecule has 0 bridgehead atoms. The lowest BCUT2D eigenvalue weighted by atomic mass is 10.0. The third kappa shape index (κ3) is 32.0. The maximum Gasteiger partial charge on any atom is 0.326 e. The summed E-state index contributed by atoms with van der Waals surface area (Å²) >= 11 is 3.32. The number of hydrogen-bond acceptors (Lipinski definition) is 12. The van der Waals surface area contributed by atoms with E-state index >= 15 is 0 Å². The third-order valence-corrected chi connectivity index (χ3v) is 12.1. The molecule has 74 heavy (non-hydrogen) atoms. The average Bonchev–Trinajstić information content (AvgIpc) is 3.37. The highest BCUT2D eigenvalue weighted by molar-refractivity contribution is 7.98. The van der Waals surface area contributed by atoms with Crippen molar-refractivity contribution in [1.29, 1.82) is 0 Å². The maximum atomic E-state index is 13.2. The summed E-state index contributed by atoms with van der Waals surface area (Å²) in [6, 6.07) is 10.6. The monoisotopic (exact) mass is 1070 g/mol. The molecule has 0 saturated carbocycles. The van der Waals surface area contributed by atoms with E-state index in [1.807, 2.05) is 57.8 Å². The molecule has 2 aromatic carbocycles. The molecule has 2 rings (SSSR count). The molecule has 0 aliphatic rings. The van der Waals surface area contributed by atoms with Crippen LogP contribution in [0, 0.1) is 11.8 Å². The largest absolute Gasteiger partial charge is 0.480 e. The highest BCUT2D eigenvalue weighted by atomic mass is 32.2. The molecule has 0 spiro atoms. The number of amides is 7. The van der Waals surface area contributed by atoms with Crippen molar-refractivity contribution in [2.24, 2.45) is 11.8 Å². The van der Waals surface area contributed by atoms with Gasteiger partial charge in [0, 0.05) is 55.6 Å². The minimum Gasteiger partial charge on any atom is -0.480 e. The summed E-state index contributed by atoms with van der Waals surface area (Å²) in [5.41, 5.74) is 2.32. The van der Waals surface area contributed by atoms with E-state index in [9.17, 15) is 48.3 Å². The van der Waals surface area contributed by atoms with Crippen molar-refractivity contribution in [2.45, 2.75) is 157 Å². The molecule has 3 unspecified atom stereocenters. The average molecular weight is 1070 g/mol. The summed E-state index contributed by atoms with van der Waals surface area (Å²) in [5.74, 6) is -3.04. The number of carbonyl (C=O) groups is 9. The first kappa shape index (κ1) is 68.5. The summed E-state index contributed by atoms with van der Waals surface area (Å²) in [5, 5.41) is 31.4. The van der Waals surface area contributed by atoms with Crippen LogP contribution < -0.4 is 42.5 Å². The van der Waals surface area contributed by atoms with Gasteiger partial charge < -0.3 is 47.6 Å². The number of hydrogen-bond donors (Lipinski definition) is 9. The molecular weight excluding hydrogens is 985 g/mol. The Labute approximate surface area is 449 Å². The normalized spacial score (nSPS) is 11.9. The Morgan fingerprint density at radius 3 is 1.62 bits per heavy atom. The van der Waals surface area contributed by atoms with Gasteiger partial charge in [-0.3, -0.25) is 38.4 Å². The van der Waals surface area contributed by atoms with Crippen LogP contribution in [-0.4, -0.2) is 126 Å². The van der Waals surface area contributed by atoms with E-state index in [0.29, 0.717) is 74.5 Å². The van der Waals surface area contributed by atoms with Crippen molar-refractivity contribution in [3.8, 4) is 0 Å². The number of carboxylic acids is 1. The Hall–Kier alpha value is -5.47. The van der Waals surface area contributed by atoms with Crippen LogP contribution in [0.4, 0.5) is 0 Å². The topological polar surface area (TPSA) is 270 Å². The van der Waals surface area contributed by atoms with Gasteiger partial charge in [-0.1, -0.05) is 93.0 Å². The summed E-state index contributed by atoms with van der Waals surface area (Å²) in [4.78, 5) is 113. The van der Waals surface area contributed by atoms with Crippen molar-refractivity contribution in [3.63, 3.8) is 0 Å². The first-order chi connectivity index (χ1) is 35.1. The molecule has 416 valence electrons. The third-order valence-electron chi connectivity index (χ3n) is 10.8. The van der Waals surface area contributed by atoms with Crippen LogP contribution in [-0.2, 0) is 46.7 Å². The Balaban J connectivity index is 0.00000714. The number of ketones is 1. The summed E-state index contributed by atoms with van der Waals surface area (Å²) < 4.78 is 0. The van der Waals surface area contributed by atoms with Crippen molar-refractivity contribution in [3.05, 3.63) is 70.8 Å². The first-order valence-corrected chi connectivity index (χ1v) is 28.6. The van der Waals surface area contributed by atoms with Crippen molar-refractivity contribution >= 4 is 76.6 Å². The van der Waals surface area contributed by atoms with E-state index < -0.39 is 66.1 Å². The van der Waals surface area contributed by atoms with Gasteiger partial charge in [-0.05, 0) is 104 Å². The van der Waals surface area contributed by atoms with Crippen LogP contribution in [0.25, 0.3) is 0 Å². The molecule has 7 amide bonds. The van der Waals surface area contributed by atoms with Gasteiger partial charge in [0.05, 0.1) is 13.1 Å². The zero-order valence-corrected chi connectivity index (χ0v) is 47.5. The second kappa shape index (κ2) is 40.9. The van der Waals surface area contributed by atoms with E-state index in [1.54, 1.807) is 38.1 Å². The number of aliphatic carboxylic acids is 1. The summed E-state index contributed by atoms with van der Waals surface area (Å²) in [6.07, 6.45) is 8.42. The molecular formula is C54H88N8O10S2. The van der Waals surface area contributed by atoms with Gasteiger partial charge in [0.15, 0.2) is 0 Å². The SMILES string of the molecule is CCC.CCSC.CSCCC(NC(=O)c1ccc(CNC(=O)C(NC(=O)CNC(=O)c2ccc(CNC(C)C)cc2)C(C)C)cc1)C(=O)NCC(=O)NC(CCCCNC(=O)CCCCC(=O)C(C)C)C(=O)O. The number of carbonyl (C=O) groups excluding carboxylic acids is 8. The van der Waals surface area contributed by atoms with E-state index in [2.05, 4.69) is 69.6 Å². The van der Waals surface area contributed by atoms with Gasteiger partial charge in [0.2, 0.25) is 29.5 Å². The van der Waals surface area contributed by atoms with Crippen LogP contribution >= 0.6 is 23.5 Å².